The third-order valence-corrected chi connectivity index (χ3v) is 3.90. The highest BCUT2D eigenvalue weighted by atomic mass is 16.5. The lowest BCUT2D eigenvalue weighted by molar-refractivity contribution is 0.0000878. The molecule has 3 nitrogen and oxygen atoms in total. The SMILES string of the molecule is CNC1CCC(OCCC2CCCO2)CC1. The summed E-state index contributed by atoms with van der Waals surface area (Å²) < 4.78 is 11.5. The highest BCUT2D eigenvalue weighted by Gasteiger charge is 2.21. The first-order valence-electron chi connectivity index (χ1n) is 6.79. The van der Waals surface area contributed by atoms with Gasteiger partial charge in [0.05, 0.1) is 12.2 Å². The van der Waals surface area contributed by atoms with Crippen molar-refractivity contribution < 1.29 is 9.47 Å². The fraction of sp³-hybridized carbons (Fsp3) is 1.00. The van der Waals surface area contributed by atoms with Crippen molar-refractivity contribution >= 4 is 0 Å². The molecule has 2 rings (SSSR count). The second kappa shape index (κ2) is 6.58. The first kappa shape index (κ1) is 12.3. The van der Waals surface area contributed by atoms with Crippen molar-refractivity contribution in [3.8, 4) is 0 Å². The van der Waals surface area contributed by atoms with Gasteiger partial charge >= 0.3 is 0 Å². The van der Waals surface area contributed by atoms with Gasteiger partial charge in [0, 0.05) is 19.3 Å². The van der Waals surface area contributed by atoms with Crippen LogP contribution in [0.1, 0.15) is 44.9 Å². The molecular weight excluding hydrogens is 202 g/mol. The maximum atomic E-state index is 5.93. The summed E-state index contributed by atoms with van der Waals surface area (Å²) in [5.74, 6) is 0. The van der Waals surface area contributed by atoms with E-state index in [9.17, 15) is 0 Å². The van der Waals surface area contributed by atoms with Crippen LogP contribution in [-0.2, 0) is 9.47 Å². The van der Waals surface area contributed by atoms with Gasteiger partial charge in [-0.25, -0.2) is 0 Å². The maximum Gasteiger partial charge on any atom is 0.0597 e. The number of rotatable bonds is 5. The van der Waals surface area contributed by atoms with E-state index in [4.69, 9.17) is 9.47 Å². The van der Waals surface area contributed by atoms with Crippen LogP contribution in [0.4, 0.5) is 0 Å². The van der Waals surface area contributed by atoms with Gasteiger partial charge in [0.15, 0.2) is 0 Å². The summed E-state index contributed by atoms with van der Waals surface area (Å²) in [5, 5.41) is 3.35. The highest BCUT2D eigenvalue weighted by Crippen LogP contribution is 2.22. The second-order valence-electron chi connectivity index (χ2n) is 5.06. The van der Waals surface area contributed by atoms with E-state index in [1.165, 1.54) is 38.5 Å². The van der Waals surface area contributed by atoms with Gasteiger partial charge in [-0.15, -0.1) is 0 Å². The molecule has 1 atom stereocenters. The van der Waals surface area contributed by atoms with Crippen molar-refractivity contribution in [2.75, 3.05) is 20.3 Å². The monoisotopic (exact) mass is 227 g/mol. The van der Waals surface area contributed by atoms with Crippen LogP contribution in [0.3, 0.4) is 0 Å². The zero-order chi connectivity index (χ0) is 11.2. The minimum Gasteiger partial charge on any atom is -0.378 e. The minimum absolute atomic E-state index is 0.480. The molecule has 1 N–H and O–H groups in total. The summed E-state index contributed by atoms with van der Waals surface area (Å²) in [6.45, 7) is 1.84. The number of hydrogen-bond acceptors (Lipinski definition) is 3. The Labute approximate surface area is 98.9 Å². The van der Waals surface area contributed by atoms with Crippen LogP contribution in [0.5, 0.6) is 0 Å². The molecule has 3 heteroatoms. The number of ether oxygens (including phenoxy) is 2. The van der Waals surface area contributed by atoms with E-state index in [0.717, 1.165) is 25.7 Å². The van der Waals surface area contributed by atoms with Gasteiger partial charge in [0.2, 0.25) is 0 Å². The quantitative estimate of drug-likeness (QED) is 0.780. The maximum absolute atomic E-state index is 5.93. The van der Waals surface area contributed by atoms with Gasteiger partial charge in [0.1, 0.15) is 0 Å². The lowest BCUT2D eigenvalue weighted by Crippen LogP contribution is -2.33. The second-order valence-corrected chi connectivity index (χ2v) is 5.06. The van der Waals surface area contributed by atoms with Gasteiger partial charge in [0.25, 0.3) is 0 Å². The zero-order valence-corrected chi connectivity index (χ0v) is 10.4. The molecule has 0 amide bonds. The minimum atomic E-state index is 0.480. The summed E-state index contributed by atoms with van der Waals surface area (Å²) >= 11 is 0. The average Bonchev–Trinajstić information content (AvgIpc) is 2.83. The molecule has 1 unspecified atom stereocenters. The molecular formula is C13H25NO2. The Hall–Kier alpha value is -0.120. The van der Waals surface area contributed by atoms with Crippen LogP contribution in [0, 0.1) is 0 Å². The molecule has 1 saturated heterocycles. The van der Waals surface area contributed by atoms with E-state index in [1.54, 1.807) is 0 Å². The summed E-state index contributed by atoms with van der Waals surface area (Å²) in [6.07, 6.45) is 9.51. The first-order valence-corrected chi connectivity index (χ1v) is 6.79. The van der Waals surface area contributed by atoms with E-state index in [2.05, 4.69) is 12.4 Å². The van der Waals surface area contributed by atoms with Crippen molar-refractivity contribution in [1.29, 1.82) is 0 Å². The van der Waals surface area contributed by atoms with Crippen molar-refractivity contribution in [2.45, 2.75) is 63.2 Å². The van der Waals surface area contributed by atoms with E-state index >= 15 is 0 Å². The molecule has 0 aromatic carbocycles. The summed E-state index contributed by atoms with van der Waals surface area (Å²) in [4.78, 5) is 0. The van der Waals surface area contributed by atoms with Gasteiger partial charge in [-0.1, -0.05) is 0 Å². The van der Waals surface area contributed by atoms with E-state index in [-0.39, 0.29) is 0 Å². The van der Waals surface area contributed by atoms with Crippen LogP contribution in [0.15, 0.2) is 0 Å². The van der Waals surface area contributed by atoms with Crippen molar-refractivity contribution in [3.63, 3.8) is 0 Å². The third-order valence-electron chi connectivity index (χ3n) is 3.90. The van der Waals surface area contributed by atoms with Crippen LogP contribution < -0.4 is 5.32 Å². The molecule has 1 heterocycles. The van der Waals surface area contributed by atoms with Crippen LogP contribution in [-0.4, -0.2) is 38.5 Å². The number of nitrogens with one attached hydrogen (secondary N) is 1. The predicted octanol–water partition coefficient (Wildman–Crippen LogP) is 2.10. The Morgan fingerprint density at radius 3 is 2.62 bits per heavy atom. The Balaban J connectivity index is 1.53. The molecule has 0 bridgehead atoms. The number of hydrogen-bond donors (Lipinski definition) is 1. The van der Waals surface area contributed by atoms with Crippen LogP contribution in [0.2, 0.25) is 0 Å². The first-order chi connectivity index (χ1) is 7.88. The van der Waals surface area contributed by atoms with Gasteiger partial charge < -0.3 is 14.8 Å². The van der Waals surface area contributed by atoms with Gasteiger partial charge in [-0.05, 0) is 52.0 Å². The van der Waals surface area contributed by atoms with Crippen molar-refractivity contribution in [1.82, 2.24) is 5.32 Å². The van der Waals surface area contributed by atoms with Crippen molar-refractivity contribution in [2.24, 2.45) is 0 Å². The van der Waals surface area contributed by atoms with Crippen LogP contribution in [0.25, 0.3) is 0 Å². The highest BCUT2D eigenvalue weighted by molar-refractivity contribution is 4.76. The molecule has 0 spiro atoms. The van der Waals surface area contributed by atoms with Gasteiger partial charge in [-0.3, -0.25) is 0 Å². The van der Waals surface area contributed by atoms with E-state index in [1.807, 2.05) is 0 Å². The predicted molar refractivity (Wildman–Crippen MR) is 64.6 cm³/mol. The van der Waals surface area contributed by atoms with Crippen molar-refractivity contribution in [3.05, 3.63) is 0 Å². The molecule has 16 heavy (non-hydrogen) atoms. The molecule has 94 valence electrons. The molecule has 1 aliphatic heterocycles. The Morgan fingerprint density at radius 2 is 2.00 bits per heavy atom. The molecule has 2 fully saturated rings. The Kier molecular flexibility index (Phi) is 5.07. The fourth-order valence-electron chi connectivity index (χ4n) is 2.76. The fourth-order valence-corrected chi connectivity index (χ4v) is 2.76. The lowest BCUT2D eigenvalue weighted by Gasteiger charge is -2.28. The molecule has 2 aliphatic rings. The molecule has 1 aliphatic carbocycles. The smallest absolute Gasteiger partial charge is 0.0597 e. The van der Waals surface area contributed by atoms with E-state index < -0.39 is 0 Å². The molecule has 0 aromatic heterocycles. The Bertz CT molecular complexity index is 184. The largest absolute Gasteiger partial charge is 0.378 e. The van der Waals surface area contributed by atoms with E-state index in [0.29, 0.717) is 12.2 Å². The van der Waals surface area contributed by atoms with Crippen LogP contribution >= 0.6 is 0 Å². The van der Waals surface area contributed by atoms with Gasteiger partial charge in [-0.2, -0.15) is 0 Å². The zero-order valence-electron chi connectivity index (χ0n) is 10.4. The summed E-state index contributed by atoms with van der Waals surface area (Å²) in [6, 6.07) is 0.720. The molecule has 0 aromatic rings. The Morgan fingerprint density at radius 1 is 1.19 bits per heavy atom. The summed E-state index contributed by atoms with van der Waals surface area (Å²) in [5.41, 5.74) is 0. The molecule has 1 saturated carbocycles. The normalized spacial score (nSPS) is 35.4. The summed E-state index contributed by atoms with van der Waals surface area (Å²) in [7, 11) is 2.06. The molecule has 0 radical (unpaired) electrons. The standard InChI is InChI=1S/C13H25NO2/c1-14-11-4-6-13(7-5-11)16-10-8-12-3-2-9-15-12/h11-14H,2-10H2,1H3. The third kappa shape index (κ3) is 3.72. The average molecular weight is 227 g/mol. The lowest BCUT2D eigenvalue weighted by atomic mass is 9.93. The topological polar surface area (TPSA) is 30.5 Å².